The van der Waals surface area contributed by atoms with Crippen molar-refractivity contribution in [2.45, 2.75) is 39.8 Å². The van der Waals surface area contributed by atoms with E-state index in [9.17, 15) is 9.59 Å². The number of allylic oxidation sites excluding steroid dienone is 1. The molecule has 0 spiro atoms. The predicted octanol–water partition coefficient (Wildman–Crippen LogP) is 3.03. The molecule has 1 rings (SSSR count). The van der Waals surface area contributed by atoms with Crippen LogP contribution in [0.1, 0.15) is 43.6 Å². The van der Waals surface area contributed by atoms with E-state index in [1.54, 1.807) is 29.2 Å². The van der Waals surface area contributed by atoms with Crippen LogP contribution in [0.25, 0.3) is 5.57 Å². The van der Waals surface area contributed by atoms with Crippen molar-refractivity contribution in [1.29, 1.82) is 5.26 Å². The van der Waals surface area contributed by atoms with Gasteiger partial charge in [0.1, 0.15) is 0 Å². The van der Waals surface area contributed by atoms with Crippen LogP contribution in [0.2, 0.25) is 0 Å². The number of amides is 1. The fraction of sp³-hybridized carbons (Fsp3) is 0.389. The van der Waals surface area contributed by atoms with Crippen molar-refractivity contribution >= 4 is 17.4 Å². The van der Waals surface area contributed by atoms with Crippen LogP contribution in [0.15, 0.2) is 30.3 Å². The lowest BCUT2D eigenvalue weighted by atomic mass is 10.0. The molecule has 0 aliphatic heterocycles. The fourth-order valence-electron chi connectivity index (χ4n) is 2.44. The van der Waals surface area contributed by atoms with Crippen molar-refractivity contribution in [2.24, 2.45) is 0 Å². The lowest BCUT2D eigenvalue weighted by Gasteiger charge is -2.31. The fourth-order valence-corrected chi connectivity index (χ4v) is 2.44. The summed E-state index contributed by atoms with van der Waals surface area (Å²) < 4.78 is 4.65. The SMILES string of the molecule is COC(=O)c1ccc(/C(=C\C#N)C(=O)N(C(C)C)C(C)C)cc1. The third-order valence-corrected chi connectivity index (χ3v) is 3.40. The number of benzene rings is 1. The van der Waals surface area contributed by atoms with E-state index < -0.39 is 5.97 Å². The number of methoxy groups -OCH3 is 1. The Hall–Kier alpha value is -2.61. The molecule has 122 valence electrons. The number of nitriles is 1. The molecule has 0 unspecified atom stereocenters. The smallest absolute Gasteiger partial charge is 0.337 e. The van der Waals surface area contributed by atoms with Crippen molar-refractivity contribution < 1.29 is 14.3 Å². The molecule has 0 aromatic heterocycles. The molecule has 5 heteroatoms. The molecule has 0 heterocycles. The second kappa shape index (κ2) is 8.14. The average molecular weight is 314 g/mol. The van der Waals surface area contributed by atoms with Crippen LogP contribution in [0, 0.1) is 11.3 Å². The number of carbonyl (C=O) groups is 2. The monoisotopic (exact) mass is 314 g/mol. The molecule has 0 atom stereocenters. The number of rotatable bonds is 5. The summed E-state index contributed by atoms with van der Waals surface area (Å²) in [5, 5.41) is 9.02. The Bertz CT molecular complexity index is 629. The zero-order chi connectivity index (χ0) is 17.6. The summed E-state index contributed by atoms with van der Waals surface area (Å²) in [5.41, 5.74) is 1.30. The quantitative estimate of drug-likeness (QED) is 0.476. The first-order chi connectivity index (χ1) is 10.8. The van der Waals surface area contributed by atoms with Gasteiger partial charge in [-0.15, -0.1) is 0 Å². The van der Waals surface area contributed by atoms with Gasteiger partial charge < -0.3 is 9.64 Å². The Morgan fingerprint density at radius 2 is 1.57 bits per heavy atom. The summed E-state index contributed by atoms with van der Waals surface area (Å²) in [5.74, 6) is -0.651. The first-order valence-electron chi connectivity index (χ1n) is 7.44. The van der Waals surface area contributed by atoms with Gasteiger partial charge in [-0.25, -0.2) is 4.79 Å². The standard InChI is InChI=1S/C18H22N2O3/c1-12(2)20(13(3)4)17(21)16(10-11-19)14-6-8-15(9-7-14)18(22)23-5/h6-10,12-13H,1-5H3/b16-10+. The summed E-state index contributed by atoms with van der Waals surface area (Å²) in [7, 11) is 1.31. The first kappa shape index (κ1) is 18.4. The minimum atomic E-state index is -0.445. The Morgan fingerprint density at radius 3 is 1.96 bits per heavy atom. The average Bonchev–Trinajstić information content (AvgIpc) is 2.51. The van der Waals surface area contributed by atoms with E-state index in [1.807, 2.05) is 33.8 Å². The van der Waals surface area contributed by atoms with Gasteiger partial charge >= 0.3 is 5.97 Å². The number of ether oxygens (including phenoxy) is 1. The number of hydrogen-bond donors (Lipinski definition) is 0. The van der Waals surface area contributed by atoms with Crippen LogP contribution in [0.3, 0.4) is 0 Å². The van der Waals surface area contributed by atoms with Gasteiger partial charge in [0.15, 0.2) is 0 Å². The van der Waals surface area contributed by atoms with E-state index in [2.05, 4.69) is 4.74 Å². The van der Waals surface area contributed by atoms with Crippen molar-refractivity contribution in [1.82, 2.24) is 4.90 Å². The molecule has 0 saturated heterocycles. The van der Waals surface area contributed by atoms with E-state index in [0.717, 1.165) is 0 Å². The van der Waals surface area contributed by atoms with Crippen LogP contribution in [0.4, 0.5) is 0 Å². The molecule has 1 amide bonds. The predicted molar refractivity (Wildman–Crippen MR) is 88.5 cm³/mol. The van der Waals surface area contributed by atoms with Gasteiger partial charge in [-0.2, -0.15) is 5.26 Å². The molecule has 0 aliphatic carbocycles. The molecule has 23 heavy (non-hydrogen) atoms. The molecule has 1 aromatic rings. The van der Waals surface area contributed by atoms with Crippen LogP contribution >= 0.6 is 0 Å². The Labute approximate surface area is 137 Å². The molecule has 0 bridgehead atoms. The lowest BCUT2D eigenvalue weighted by Crippen LogP contribution is -2.42. The number of carbonyl (C=O) groups excluding carboxylic acids is 2. The maximum atomic E-state index is 12.8. The normalized spacial score (nSPS) is 11.3. The van der Waals surface area contributed by atoms with E-state index in [1.165, 1.54) is 13.2 Å². The van der Waals surface area contributed by atoms with Gasteiger partial charge in [-0.1, -0.05) is 12.1 Å². The van der Waals surface area contributed by atoms with Crippen molar-refractivity contribution in [2.75, 3.05) is 7.11 Å². The highest BCUT2D eigenvalue weighted by atomic mass is 16.5. The molecule has 1 aromatic carbocycles. The van der Waals surface area contributed by atoms with Crippen LogP contribution in [-0.4, -0.2) is 36.0 Å². The van der Waals surface area contributed by atoms with Gasteiger partial charge in [0.2, 0.25) is 0 Å². The minimum absolute atomic E-state index is 0.0129. The van der Waals surface area contributed by atoms with Crippen molar-refractivity contribution in [3.63, 3.8) is 0 Å². The largest absolute Gasteiger partial charge is 0.465 e. The van der Waals surface area contributed by atoms with Gasteiger partial charge in [-0.05, 0) is 45.4 Å². The molecule has 5 nitrogen and oxygen atoms in total. The molecule has 0 saturated carbocycles. The van der Waals surface area contributed by atoms with Gasteiger partial charge in [0.25, 0.3) is 5.91 Å². The highest BCUT2D eigenvalue weighted by Gasteiger charge is 2.24. The molecule has 0 radical (unpaired) electrons. The zero-order valence-corrected chi connectivity index (χ0v) is 14.2. The molecular formula is C18H22N2O3. The van der Waals surface area contributed by atoms with Crippen LogP contribution in [0.5, 0.6) is 0 Å². The summed E-state index contributed by atoms with van der Waals surface area (Å²) in [6, 6.07) is 8.40. The van der Waals surface area contributed by atoms with E-state index in [4.69, 9.17) is 5.26 Å². The van der Waals surface area contributed by atoms with Crippen LogP contribution in [-0.2, 0) is 9.53 Å². The second-order valence-corrected chi connectivity index (χ2v) is 5.66. The molecular weight excluding hydrogens is 292 g/mol. The zero-order valence-electron chi connectivity index (χ0n) is 14.2. The Morgan fingerprint density at radius 1 is 1.09 bits per heavy atom. The minimum Gasteiger partial charge on any atom is -0.465 e. The van der Waals surface area contributed by atoms with E-state index in [0.29, 0.717) is 16.7 Å². The maximum Gasteiger partial charge on any atom is 0.337 e. The summed E-state index contributed by atoms with van der Waals surface area (Å²) in [6.45, 7) is 7.73. The van der Waals surface area contributed by atoms with Gasteiger partial charge in [-0.3, -0.25) is 4.79 Å². The highest BCUT2D eigenvalue weighted by molar-refractivity contribution is 6.20. The van der Waals surface area contributed by atoms with Crippen LogP contribution < -0.4 is 0 Å². The molecule has 0 N–H and O–H groups in total. The molecule has 0 aliphatic rings. The first-order valence-corrected chi connectivity index (χ1v) is 7.44. The highest BCUT2D eigenvalue weighted by Crippen LogP contribution is 2.21. The van der Waals surface area contributed by atoms with Crippen molar-refractivity contribution in [3.05, 3.63) is 41.5 Å². The van der Waals surface area contributed by atoms with E-state index in [-0.39, 0.29) is 18.0 Å². The van der Waals surface area contributed by atoms with Gasteiger partial charge in [0.05, 0.1) is 24.3 Å². The maximum absolute atomic E-state index is 12.8. The second-order valence-electron chi connectivity index (χ2n) is 5.66. The number of hydrogen-bond acceptors (Lipinski definition) is 4. The van der Waals surface area contributed by atoms with E-state index >= 15 is 0 Å². The summed E-state index contributed by atoms with van der Waals surface area (Å²) in [6.07, 6.45) is 1.24. The third-order valence-electron chi connectivity index (χ3n) is 3.40. The molecule has 0 fully saturated rings. The Kier molecular flexibility index (Phi) is 6.52. The van der Waals surface area contributed by atoms with Gasteiger partial charge in [0, 0.05) is 18.2 Å². The topological polar surface area (TPSA) is 70.4 Å². The summed E-state index contributed by atoms with van der Waals surface area (Å²) in [4.78, 5) is 26.0. The Balaban J connectivity index is 3.22. The number of nitrogens with zero attached hydrogens (tertiary/aromatic N) is 2. The number of esters is 1. The summed E-state index contributed by atoms with van der Waals surface area (Å²) >= 11 is 0. The van der Waals surface area contributed by atoms with Crippen molar-refractivity contribution in [3.8, 4) is 6.07 Å². The third kappa shape index (κ3) is 4.43. The lowest BCUT2D eigenvalue weighted by molar-refractivity contribution is -0.128.